The molecule has 0 aliphatic heterocycles. The van der Waals surface area contributed by atoms with Crippen molar-refractivity contribution in [1.82, 2.24) is 15.8 Å². The minimum absolute atomic E-state index is 0.128. The molecule has 1 aromatic heterocycles. The minimum Gasteiger partial charge on any atom is -0.390 e. The molecule has 0 atom stereocenters. The van der Waals surface area contributed by atoms with Crippen molar-refractivity contribution >= 4 is 17.5 Å². The lowest BCUT2D eigenvalue weighted by Gasteiger charge is -2.17. The van der Waals surface area contributed by atoms with E-state index >= 15 is 0 Å². The number of aromatic nitrogens is 1. The van der Waals surface area contributed by atoms with Crippen LogP contribution in [-0.4, -0.2) is 24.0 Å². The van der Waals surface area contributed by atoms with E-state index in [0.29, 0.717) is 23.6 Å². The Morgan fingerprint density at radius 3 is 2.61 bits per heavy atom. The third-order valence-electron chi connectivity index (χ3n) is 5.85. The van der Waals surface area contributed by atoms with Crippen LogP contribution in [0.25, 0.3) is 11.3 Å². The summed E-state index contributed by atoms with van der Waals surface area (Å²) in [6, 6.07) is 15.5. The summed E-state index contributed by atoms with van der Waals surface area (Å²) in [7, 11) is 1.69. The molecule has 1 heterocycles. The van der Waals surface area contributed by atoms with E-state index in [-0.39, 0.29) is 11.4 Å². The fraction of sp³-hybridized carbons (Fsp3) is 0.269. The summed E-state index contributed by atoms with van der Waals surface area (Å²) in [5.41, 5.74) is 5.77. The fourth-order valence-corrected chi connectivity index (χ4v) is 4.04. The Bertz CT molecular complexity index is 1210. The molecule has 7 heteroatoms. The molecule has 7 nitrogen and oxygen atoms in total. The summed E-state index contributed by atoms with van der Waals surface area (Å²) >= 11 is 0. The molecule has 170 valence electrons. The lowest BCUT2D eigenvalue weighted by atomic mass is 9.88. The van der Waals surface area contributed by atoms with Crippen molar-refractivity contribution in [2.45, 2.75) is 39.5 Å². The maximum absolute atomic E-state index is 13.1. The van der Waals surface area contributed by atoms with Gasteiger partial charge in [0.05, 0.1) is 0 Å². The van der Waals surface area contributed by atoms with E-state index in [9.17, 15) is 9.59 Å². The first-order valence-electron chi connectivity index (χ1n) is 11.2. The Balaban J connectivity index is 1.58. The number of nitrogens with one attached hydrogen (secondary N) is 3. The molecule has 3 aromatic rings. The lowest BCUT2D eigenvalue weighted by Crippen LogP contribution is -2.34. The van der Waals surface area contributed by atoms with Gasteiger partial charge < -0.3 is 20.5 Å². The minimum atomic E-state index is -0.473. The van der Waals surface area contributed by atoms with Gasteiger partial charge in [-0.25, -0.2) is 0 Å². The molecule has 0 saturated carbocycles. The summed E-state index contributed by atoms with van der Waals surface area (Å²) in [5.74, 6) is -0.263. The standard InChI is InChI=1S/C26H28N4O3/c1-4-8-17-11-13-20-18(15-17)12-14-21-23(30-33-24(20)21)26(32)29-22(16(2)27-3)25(31)28-19-9-6-5-7-10-19/h5-7,9-11,13,15,27H,4,8,12,14H2,1-3H3,(H,28,31)(H,29,32)/b22-16+. The van der Waals surface area contributed by atoms with Gasteiger partial charge in [-0.3, -0.25) is 9.59 Å². The molecule has 0 bridgehead atoms. The Morgan fingerprint density at radius 1 is 1.09 bits per heavy atom. The number of hydrogen-bond acceptors (Lipinski definition) is 5. The molecule has 1 aliphatic carbocycles. The highest BCUT2D eigenvalue weighted by molar-refractivity contribution is 6.08. The number of carbonyl (C=O) groups excluding carboxylic acids is 2. The number of aryl methyl sites for hydroxylation is 2. The summed E-state index contributed by atoms with van der Waals surface area (Å²) < 4.78 is 5.62. The Kier molecular flexibility index (Phi) is 6.58. The zero-order chi connectivity index (χ0) is 23.4. The van der Waals surface area contributed by atoms with E-state index in [1.807, 2.05) is 18.2 Å². The van der Waals surface area contributed by atoms with Crippen LogP contribution in [0.1, 0.15) is 47.4 Å². The second-order valence-electron chi connectivity index (χ2n) is 8.10. The Morgan fingerprint density at radius 2 is 1.88 bits per heavy atom. The van der Waals surface area contributed by atoms with E-state index in [4.69, 9.17) is 4.52 Å². The normalized spacial score (nSPS) is 12.8. The lowest BCUT2D eigenvalue weighted by molar-refractivity contribution is -0.113. The summed E-state index contributed by atoms with van der Waals surface area (Å²) in [4.78, 5) is 26.0. The number of para-hydroxylation sites is 1. The molecule has 0 fully saturated rings. The number of nitrogens with zero attached hydrogens (tertiary/aromatic N) is 1. The van der Waals surface area contributed by atoms with E-state index in [1.54, 1.807) is 26.1 Å². The number of benzene rings is 2. The van der Waals surface area contributed by atoms with Crippen LogP contribution >= 0.6 is 0 Å². The van der Waals surface area contributed by atoms with Crippen LogP contribution in [0.4, 0.5) is 5.69 Å². The van der Waals surface area contributed by atoms with Gasteiger partial charge in [-0.05, 0) is 49.4 Å². The molecule has 2 aromatic carbocycles. The molecule has 0 radical (unpaired) electrons. The van der Waals surface area contributed by atoms with Gasteiger partial charge in [0, 0.05) is 29.6 Å². The van der Waals surface area contributed by atoms with Crippen LogP contribution in [0.15, 0.2) is 64.4 Å². The van der Waals surface area contributed by atoms with Crippen LogP contribution in [0, 0.1) is 0 Å². The molecule has 0 spiro atoms. The number of anilines is 1. The van der Waals surface area contributed by atoms with E-state index in [1.165, 1.54) is 11.1 Å². The third kappa shape index (κ3) is 4.67. The number of amides is 2. The first-order valence-corrected chi connectivity index (χ1v) is 11.2. The molecule has 33 heavy (non-hydrogen) atoms. The second-order valence-corrected chi connectivity index (χ2v) is 8.10. The first kappa shape index (κ1) is 22.3. The Hall–Kier alpha value is -3.87. The maximum Gasteiger partial charge on any atom is 0.278 e. The van der Waals surface area contributed by atoms with Gasteiger partial charge in [0.2, 0.25) is 0 Å². The zero-order valence-electron chi connectivity index (χ0n) is 19.1. The van der Waals surface area contributed by atoms with Crippen molar-refractivity contribution < 1.29 is 14.1 Å². The van der Waals surface area contributed by atoms with Gasteiger partial charge in [0.15, 0.2) is 11.5 Å². The van der Waals surface area contributed by atoms with Gasteiger partial charge in [-0.2, -0.15) is 0 Å². The average Bonchev–Trinajstić information content (AvgIpc) is 3.27. The topological polar surface area (TPSA) is 96.3 Å². The molecule has 1 aliphatic rings. The van der Waals surface area contributed by atoms with Crippen LogP contribution in [0.5, 0.6) is 0 Å². The van der Waals surface area contributed by atoms with E-state index in [2.05, 4.69) is 46.2 Å². The number of allylic oxidation sites excluding steroid dienone is 1. The number of fused-ring (bicyclic) bond motifs is 3. The van der Waals surface area contributed by atoms with E-state index < -0.39 is 11.8 Å². The summed E-state index contributed by atoms with van der Waals surface area (Å²) in [5, 5.41) is 12.5. The van der Waals surface area contributed by atoms with Crippen LogP contribution in [-0.2, 0) is 24.1 Å². The molecular weight excluding hydrogens is 416 g/mol. The smallest absolute Gasteiger partial charge is 0.278 e. The zero-order valence-corrected chi connectivity index (χ0v) is 19.1. The SMILES string of the molecule is CCCc1ccc2c(c1)CCc1c(C(=O)N/C(C(=O)Nc3ccccc3)=C(\C)NC)noc1-2. The van der Waals surface area contributed by atoms with Gasteiger partial charge in [-0.15, -0.1) is 0 Å². The monoisotopic (exact) mass is 444 g/mol. The van der Waals surface area contributed by atoms with Gasteiger partial charge in [-0.1, -0.05) is 54.9 Å². The number of hydrogen-bond donors (Lipinski definition) is 3. The van der Waals surface area contributed by atoms with Crippen molar-refractivity contribution in [3.05, 3.63) is 82.3 Å². The maximum atomic E-state index is 13.1. The van der Waals surface area contributed by atoms with Crippen LogP contribution in [0.2, 0.25) is 0 Å². The van der Waals surface area contributed by atoms with Crippen LogP contribution < -0.4 is 16.0 Å². The van der Waals surface area contributed by atoms with Crippen LogP contribution in [0.3, 0.4) is 0 Å². The Labute approximate surface area is 193 Å². The summed E-state index contributed by atoms with van der Waals surface area (Å²) in [6.07, 6.45) is 3.60. The predicted molar refractivity (Wildman–Crippen MR) is 128 cm³/mol. The highest BCUT2D eigenvalue weighted by Crippen LogP contribution is 2.36. The molecule has 0 unspecified atom stereocenters. The van der Waals surface area contributed by atoms with Gasteiger partial charge in [0.1, 0.15) is 5.70 Å². The quantitative estimate of drug-likeness (QED) is 0.475. The average molecular weight is 445 g/mol. The molecule has 4 rings (SSSR count). The van der Waals surface area contributed by atoms with Crippen molar-refractivity contribution in [1.29, 1.82) is 0 Å². The van der Waals surface area contributed by atoms with Crippen molar-refractivity contribution in [3.8, 4) is 11.3 Å². The molecule has 3 N–H and O–H groups in total. The molecule has 0 saturated heterocycles. The third-order valence-corrected chi connectivity index (χ3v) is 5.85. The largest absolute Gasteiger partial charge is 0.390 e. The summed E-state index contributed by atoms with van der Waals surface area (Å²) in [6.45, 7) is 3.89. The second kappa shape index (κ2) is 9.73. The first-order chi connectivity index (χ1) is 16.0. The number of rotatable bonds is 7. The van der Waals surface area contributed by atoms with Crippen molar-refractivity contribution in [2.75, 3.05) is 12.4 Å². The van der Waals surface area contributed by atoms with Crippen molar-refractivity contribution in [2.24, 2.45) is 0 Å². The van der Waals surface area contributed by atoms with Crippen molar-refractivity contribution in [3.63, 3.8) is 0 Å². The molecular formula is C26H28N4O3. The van der Waals surface area contributed by atoms with Gasteiger partial charge in [0.25, 0.3) is 11.8 Å². The molecule has 2 amide bonds. The fourth-order valence-electron chi connectivity index (χ4n) is 4.04. The van der Waals surface area contributed by atoms with E-state index in [0.717, 1.165) is 30.4 Å². The number of carbonyl (C=O) groups is 2. The predicted octanol–water partition coefficient (Wildman–Crippen LogP) is 4.21. The highest BCUT2D eigenvalue weighted by atomic mass is 16.5. The van der Waals surface area contributed by atoms with Gasteiger partial charge >= 0.3 is 0 Å². The highest BCUT2D eigenvalue weighted by Gasteiger charge is 2.29.